The molecule has 3 nitrogen and oxygen atoms in total. The van der Waals surface area contributed by atoms with E-state index in [4.69, 9.17) is 9.47 Å². The molecule has 0 aliphatic heterocycles. The first kappa shape index (κ1) is 27.7. The Morgan fingerprint density at radius 2 is 1.32 bits per heavy atom. The molecule has 34 heavy (non-hydrogen) atoms. The monoisotopic (exact) mass is 464 g/mol. The predicted molar refractivity (Wildman–Crippen MR) is 144 cm³/mol. The molecule has 3 heteroatoms. The summed E-state index contributed by atoms with van der Waals surface area (Å²) in [5.74, 6) is 1.09. The van der Waals surface area contributed by atoms with Gasteiger partial charge in [0.2, 0.25) is 0 Å². The lowest BCUT2D eigenvalue weighted by Crippen LogP contribution is -2.12. The Labute approximate surface area is 207 Å². The fourth-order valence-corrected chi connectivity index (χ4v) is 3.80. The van der Waals surface area contributed by atoms with Gasteiger partial charge in [-0.15, -0.1) is 0 Å². The normalized spacial score (nSPS) is 12.1. The van der Waals surface area contributed by atoms with Crippen molar-refractivity contribution in [2.45, 2.75) is 85.0 Å². The van der Waals surface area contributed by atoms with E-state index in [-0.39, 0.29) is 5.97 Å². The fraction of sp³-hybridized carbons (Fsp3) is 0.516. The summed E-state index contributed by atoms with van der Waals surface area (Å²) < 4.78 is 11.3. The molecule has 2 aromatic carbocycles. The number of unbranched alkanes of at least 4 members (excludes halogenated alkanes) is 7. The molecule has 2 rings (SSSR count). The molecule has 0 aromatic heterocycles. The summed E-state index contributed by atoms with van der Waals surface area (Å²) in [5.41, 5.74) is 2.77. The Balaban J connectivity index is 1.72. The van der Waals surface area contributed by atoms with Gasteiger partial charge in [0.05, 0.1) is 18.8 Å². The first-order valence-corrected chi connectivity index (χ1v) is 13.3. The van der Waals surface area contributed by atoms with Gasteiger partial charge < -0.3 is 9.47 Å². The lowest BCUT2D eigenvalue weighted by Gasteiger charge is -2.11. The number of carbonyl (C=O) groups excluding carboxylic acids is 1. The number of hydrogen-bond donors (Lipinski definition) is 0. The van der Waals surface area contributed by atoms with Crippen LogP contribution in [0.25, 0.3) is 12.2 Å². The van der Waals surface area contributed by atoms with Crippen molar-refractivity contribution >= 4 is 18.1 Å². The fourth-order valence-electron chi connectivity index (χ4n) is 3.80. The van der Waals surface area contributed by atoms with Crippen molar-refractivity contribution in [1.82, 2.24) is 0 Å². The van der Waals surface area contributed by atoms with E-state index >= 15 is 0 Å². The van der Waals surface area contributed by atoms with Crippen molar-refractivity contribution < 1.29 is 14.3 Å². The van der Waals surface area contributed by atoms with E-state index < -0.39 is 0 Å². The Morgan fingerprint density at radius 3 is 1.97 bits per heavy atom. The molecular formula is C31H44O3. The van der Waals surface area contributed by atoms with Crippen molar-refractivity contribution in [3.63, 3.8) is 0 Å². The average Bonchev–Trinajstić information content (AvgIpc) is 2.86. The van der Waals surface area contributed by atoms with Gasteiger partial charge in [-0.3, -0.25) is 0 Å². The van der Waals surface area contributed by atoms with Crippen LogP contribution in [-0.2, 0) is 4.74 Å². The highest BCUT2D eigenvalue weighted by Gasteiger charge is 2.09. The van der Waals surface area contributed by atoms with Gasteiger partial charge >= 0.3 is 5.97 Å². The average molecular weight is 465 g/mol. The molecule has 1 atom stereocenters. The van der Waals surface area contributed by atoms with Crippen LogP contribution in [0.3, 0.4) is 0 Å². The maximum absolute atomic E-state index is 12.3. The Kier molecular flexibility index (Phi) is 13.8. The van der Waals surface area contributed by atoms with Gasteiger partial charge in [0.25, 0.3) is 0 Å². The van der Waals surface area contributed by atoms with Gasteiger partial charge in [0, 0.05) is 0 Å². The molecule has 0 saturated heterocycles. The number of rotatable bonds is 17. The molecule has 0 saturated carbocycles. The number of benzene rings is 2. The van der Waals surface area contributed by atoms with Crippen LogP contribution in [0.2, 0.25) is 0 Å². The van der Waals surface area contributed by atoms with E-state index in [1.54, 1.807) is 0 Å². The second-order valence-corrected chi connectivity index (χ2v) is 9.34. The van der Waals surface area contributed by atoms with Crippen molar-refractivity contribution in [2.75, 3.05) is 13.2 Å². The molecule has 0 aliphatic carbocycles. The maximum atomic E-state index is 12.3. The summed E-state index contributed by atoms with van der Waals surface area (Å²) in [7, 11) is 0. The van der Waals surface area contributed by atoms with Crippen molar-refractivity contribution in [1.29, 1.82) is 0 Å². The van der Waals surface area contributed by atoms with Gasteiger partial charge in [-0.05, 0) is 54.2 Å². The van der Waals surface area contributed by atoms with E-state index in [0.717, 1.165) is 36.3 Å². The summed E-state index contributed by atoms with van der Waals surface area (Å²) in [6.07, 6.45) is 16.5. The summed E-state index contributed by atoms with van der Waals surface area (Å²) in [5, 5.41) is 0. The van der Waals surface area contributed by atoms with E-state index in [1.165, 1.54) is 51.4 Å². The van der Waals surface area contributed by atoms with Crippen molar-refractivity contribution in [3.8, 4) is 5.75 Å². The molecule has 0 aliphatic rings. The highest BCUT2D eigenvalue weighted by Crippen LogP contribution is 2.17. The van der Waals surface area contributed by atoms with Gasteiger partial charge in [-0.1, -0.05) is 109 Å². The number of esters is 1. The zero-order valence-electron chi connectivity index (χ0n) is 21.6. The van der Waals surface area contributed by atoms with Gasteiger partial charge in [0.1, 0.15) is 5.75 Å². The Bertz CT molecular complexity index is 821. The quantitative estimate of drug-likeness (QED) is 0.133. The largest absolute Gasteiger partial charge is 0.494 e. The van der Waals surface area contributed by atoms with E-state index in [1.807, 2.05) is 36.4 Å². The smallest absolute Gasteiger partial charge is 0.338 e. The summed E-state index contributed by atoms with van der Waals surface area (Å²) in [6, 6.07) is 15.8. The van der Waals surface area contributed by atoms with Crippen LogP contribution in [0.4, 0.5) is 0 Å². The molecule has 0 amide bonds. The lowest BCUT2D eigenvalue weighted by molar-refractivity contribution is 0.0442. The SMILES string of the molecule is CCCCCCCCOc1ccc(/C=C/c2ccc(C(=O)OC[C@H](C)CCCCC)cc2)cc1. The van der Waals surface area contributed by atoms with Crippen LogP contribution >= 0.6 is 0 Å². The van der Waals surface area contributed by atoms with E-state index in [9.17, 15) is 4.79 Å². The second kappa shape index (κ2) is 17.0. The predicted octanol–water partition coefficient (Wildman–Crippen LogP) is 8.97. The molecule has 0 fully saturated rings. The molecular weight excluding hydrogens is 420 g/mol. The minimum absolute atomic E-state index is 0.241. The van der Waals surface area contributed by atoms with Crippen molar-refractivity contribution in [3.05, 3.63) is 65.2 Å². The third kappa shape index (κ3) is 11.5. The van der Waals surface area contributed by atoms with Crippen molar-refractivity contribution in [2.24, 2.45) is 5.92 Å². The lowest BCUT2D eigenvalue weighted by atomic mass is 10.0. The van der Waals surface area contributed by atoms with Crippen LogP contribution < -0.4 is 4.74 Å². The van der Waals surface area contributed by atoms with Gasteiger partial charge in [0.15, 0.2) is 0 Å². The minimum Gasteiger partial charge on any atom is -0.494 e. The molecule has 0 spiro atoms. The van der Waals surface area contributed by atoms with Gasteiger partial charge in [-0.25, -0.2) is 4.79 Å². The third-order valence-electron chi connectivity index (χ3n) is 6.06. The topological polar surface area (TPSA) is 35.5 Å². The number of hydrogen-bond acceptors (Lipinski definition) is 3. The summed E-state index contributed by atoms with van der Waals surface area (Å²) in [6.45, 7) is 7.86. The minimum atomic E-state index is -0.241. The van der Waals surface area contributed by atoms with Crippen LogP contribution in [0.1, 0.15) is 106 Å². The molecule has 0 unspecified atom stereocenters. The zero-order chi connectivity index (χ0) is 24.4. The second-order valence-electron chi connectivity index (χ2n) is 9.34. The Hall–Kier alpha value is -2.55. The number of ether oxygens (including phenoxy) is 2. The molecule has 0 radical (unpaired) electrons. The van der Waals surface area contributed by atoms with E-state index in [2.05, 4.69) is 45.1 Å². The first-order valence-electron chi connectivity index (χ1n) is 13.3. The molecule has 186 valence electrons. The summed E-state index contributed by atoms with van der Waals surface area (Å²) in [4.78, 5) is 12.3. The number of carbonyl (C=O) groups is 1. The maximum Gasteiger partial charge on any atom is 0.338 e. The van der Waals surface area contributed by atoms with E-state index in [0.29, 0.717) is 18.1 Å². The molecule has 0 heterocycles. The third-order valence-corrected chi connectivity index (χ3v) is 6.06. The highest BCUT2D eigenvalue weighted by molar-refractivity contribution is 5.89. The zero-order valence-corrected chi connectivity index (χ0v) is 21.6. The molecule has 2 aromatic rings. The first-order chi connectivity index (χ1) is 16.6. The van der Waals surface area contributed by atoms with Crippen LogP contribution in [-0.4, -0.2) is 19.2 Å². The molecule has 0 N–H and O–H groups in total. The van der Waals surface area contributed by atoms with Crippen LogP contribution in [0.5, 0.6) is 5.75 Å². The van der Waals surface area contributed by atoms with Gasteiger partial charge in [-0.2, -0.15) is 0 Å². The van der Waals surface area contributed by atoms with Crippen LogP contribution in [0, 0.1) is 5.92 Å². The van der Waals surface area contributed by atoms with Crippen LogP contribution in [0.15, 0.2) is 48.5 Å². The molecule has 0 bridgehead atoms. The highest BCUT2D eigenvalue weighted by atomic mass is 16.5. The summed E-state index contributed by atoms with van der Waals surface area (Å²) >= 11 is 0. The standard InChI is InChI=1S/C31H44O3/c1-4-6-8-9-10-12-24-33-30-22-18-28(19-23-30)15-14-27-16-20-29(21-17-27)31(32)34-25-26(3)13-11-7-5-2/h14-23,26H,4-13,24-25H2,1-3H3/b15-14+/t26-/m1/s1. The Morgan fingerprint density at radius 1 is 0.765 bits per heavy atom.